The van der Waals surface area contributed by atoms with Crippen molar-refractivity contribution in [3.05, 3.63) is 71.8 Å². The fourth-order valence-electron chi connectivity index (χ4n) is 4.66. The number of carbonyl (C=O) groups is 2. The summed E-state index contributed by atoms with van der Waals surface area (Å²) in [5.41, 5.74) is 14.1. The van der Waals surface area contributed by atoms with Gasteiger partial charge in [-0.1, -0.05) is 110 Å². The number of benzene rings is 2. The van der Waals surface area contributed by atoms with Crippen molar-refractivity contribution >= 4 is 33.7 Å². The molecule has 0 fully saturated rings. The number of hydrogen-bond donors (Lipinski definition) is 4. The number of hydrogen-bond acceptors (Lipinski definition) is 6. The van der Waals surface area contributed by atoms with E-state index in [1.165, 1.54) is 11.1 Å². The standard InChI is InChI=1S/C34H56N6O2S2/c1-27(2)15-19-39(21-17-35)33(41)37-31(23-29-11-7-5-8-12-29)25-43-44-26-32(24-30-13-9-6-10-14-30)38-34(42)40(22-18-36)20-16-28(3)4/h5-14,27-28,31-32H,15-26,35-36H2,1-4H3,(H,37,41)(H,38,42)/t31-,32?/m0/s1. The molecule has 2 aromatic rings. The van der Waals surface area contributed by atoms with Gasteiger partial charge in [-0.25, -0.2) is 9.59 Å². The third-order valence-corrected chi connectivity index (χ3v) is 9.81. The van der Waals surface area contributed by atoms with Crippen LogP contribution in [0.25, 0.3) is 0 Å². The largest absolute Gasteiger partial charge is 0.334 e. The van der Waals surface area contributed by atoms with Crippen LogP contribution in [0.3, 0.4) is 0 Å². The van der Waals surface area contributed by atoms with Crippen LogP contribution in [0.15, 0.2) is 60.7 Å². The van der Waals surface area contributed by atoms with E-state index in [-0.39, 0.29) is 24.1 Å². The summed E-state index contributed by atoms with van der Waals surface area (Å²) in [7, 11) is 3.48. The second-order valence-electron chi connectivity index (χ2n) is 12.2. The lowest BCUT2D eigenvalue weighted by Gasteiger charge is -2.28. The zero-order valence-electron chi connectivity index (χ0n) is 27.3. The fourth-order valence-corrected chi connectivity index (χ4v) is 7.15. The molecule has 8 nitrogen and oxygen atoms in total. The first kappa shape index (κ1) is 37.8. The van der Waals surface area contributed by atoms with Crippen LogP contribution >= 0.6 is 21.6 Å². The molecule has 246 valence electrons. The van der Waals surface area contributed by atoms with Crippen LogP contribution in [0.4, 0.5) is 9.59 Å². The maximum atomic E-state index is 13.3. The summed E-state index contributed by atoms with van der Waals surface area (Å²) >= 11 is 0. The molecule has 0 aromatic heterocycles. The lowest BCUT2D eigenvalue weighted by Crippen LogP contribution is -2.49. The number of amides is 4. The van der Waals surface area contributed by atoms with Crippen molar-refractivity contribution in [3.63, 3.8) is 0 Å². The maximum Gasteiger partial charge on any atom is 0.317 e. The van der Waals surface area contributed by atoms with Crippen molar-refractivity contribution in [1.29, 1.82) is 0 Å². The number of urea groups is 2. The number of carbonyl (C=O) groups excluding carboxylic acids is 2. The average molecular weight is 645 g/mol. The third kappa shape index (κ3) is 16.1. The van der Waals surface area contributed by atoms with Gasteiger partial charge in [-0.05, 0) is 48.6 Å². The first-order chi connectivity index (χ1) is 21.2. The Kier molecular flexibility index (Phi) is 19.0. The molecule has 4 amide bonds. The maximum absolute atomic E-state index is 13.3. The second-order valence-corrected chi connectivity index (χ2v) is 14.7. The van der Waals surface area contributed by atoms with E-state index in [0.717, 1.165) is 37.2 Å². The Balaban J connectivity index is 2.06. The normalized spacial score (nSPS) is 12.6. The van der Waals surface area contributed by atoms with E-state index in [4.69, 9.17) is 11.5 Å². The molecule has 0 aliphatic carbocycles. The van der Waals surface area contributed by atoms with Gasteiger partial charge in [0, 0.05) is 62.9 Å². The summed E-state index contributed by atoms with van der Waals surface area (Å²) in [5, 5.41) is 6.59. The second kappa shape index (κ2) is 22.2. The molecule has 0 bridgehead atoms. The number of nitrogens with one attached hydrogen (secondary N) is 2. The molecule has 0 aliphatic rings. The smallest absolute Gasteiger partial charge is 0.317 e. The summed E-state index contributed by atoms with van der Waals surface area (Å²) in [6, 6.07) is 20.4. The van der Waals surface area contributed by atoms with E-state index in [0.29, 0.717) is 51.1 Å². The Bertz CT molecular complexity index is 961. The van der Waals surface area contributed by atoms with Crippen LogP contribution in [0.1, 0.15) is 51.7 Å². The van der Waals surface area contributed by atoms with Crippen molar-refractivity contribution in [2.24, 2.45) is 23.3 Å². The van der Waals surface area contributed by atoms with Crippen LogP contribution in [0.2, 0.25) is 0 Å². The number of nitrogens with zero attached hydrogens (tertiary/aromatic N) is 2. The van der Waals surface area contributed by atoms with Crippen LogP contribution in [0, 0.1) is 11.8 Å². The SMILES string of the molecule is CC(C)CCN(CCN)C(=O)NC(CSSC[C@H](Cc1ccccc1)NC(=O)N(CCN)CCC(C)C)Cc1ccccc1. The van der Waals surface area contributed by atoms with Crippen molar-refractivity contribution in [1.82, 2.24) is 20.4 Å². The predicted octanol–water partition coefficient (Wildman–Crippen LogP) is 5.62. The van der Waals surface area contributed by atoms with E-state index in [2.05, 4.69) is 62.6 Å². The first-order valence-corrected chi connectivity index (χ1v) is 18.5. The molecule has 10 heteroatoms. The van der Waals surface area contributed by atoms with Crippen LogP contribution in [0.5, 0.6) is 0 Å². The molecular weight excluding hydrogens is 589 g/mol. The minimum absolute atomic E-state index is 0.0417. The molecular formula is C34H56N6O2S2. The summed E-state index contributed by atoms with van der Waals surface area (Å²) in [4.78, 5) is 30.3. The highest BCUT2D eigenvalue weighted by atomic mass is 33.1. The lowest BCUT2D eigenvalue weighted by molar-refractivity contribution is 0.192. The van der Waals surface area contributed by atoms with Gasteiger partial charge in [-0.15, -0.1) is 0 Å². The van der Waals surface area contributed by atoms with Crippen molar-refractivity contribution in [3.8, 4) is 0 Å². The molecule has 6 N–H and O–H groups in total. The third-order valence-electron chi connectivity index (χ3n) is 7.25. The molecule has 0 aliphatic heterocycles. The molecule has 0 spiro atoms. The van der Waals surface area contributed by atoms with Gasteiger partial charge in [0.15, 0.2) is 0 Å². The Morgan fingerprint density at radius 3 is 1.32 bits per heavy atom. The van der Waals surface area contributed by atoms with E-state index in [9.17, 15) is 9.59 Å². The van der Waals surface area contributed by atoms with Gasteiger partial charge in [0.25, 0.3) is 0 Å². The Labute approximate surface area is 274 Å². The number of nitrogens with two attached hydrogens (primary N) is 2. The van der Waals surface area contributed by atoms with Gasteiger partial charge in [-0.3, -0.25) is 0 Å². The molecule has 0 heterocycles. The monoisotopic (exact) mass is 644 g/mol. The van der Waals surface area contributed by atoms with Gasteiger partial charge < -0.3 is 31.9 Å². The van der Waals surface area contributed by atoms with Crippen LogP contribution in [-0.4, -0.2) is 84.7 Å². The van der Waals surface area contributed by atoms with Gasteiger partial charge in [0.1, 0.15) is 0 Å². The van der Waals surface area contributed by atoms with Crippen molar-refractivity contribution in [2.75, 3.05) is 50.8 Å². The van der Waals surface area contributed by atoms with Crippen LogP contribution < -0.4 is 22.1 Å². The van der Waals surface area contributed by atoms with Crippen molar-refractivity contribution in [2.45, 2.75) is 65.5 Å². The molecule has 2 rings (SSSR count). The average Bonchev–Trinajstić information content (AvgIpc) is 3.00. The topological polar surface area (TPSA) is 117 Å². The minimum Gasteiger partial charge on any atom is -0.334 e. The molecule has 2 atom stereocenters. The fraction of sp³-hybridized carbons (Fsp3) is 0.588. The lowest BCUT2D eigenvalue weighted by atomic mass is 10.1. The molecule has 2 aromatic carbocycles. The first-order valence-electron chi connectivity index (χ1n) is 16.0. The summed E-state index contributed by atoms with van der Waals surface area (Å²) in [6.07, 6.45) is 3.37. The summed E-state index contributed by atoms with van der Waals surface area (Å²) < 4.78 is 0. The summed E-state index contributed by atoms with van der Waals surface area (Å²) in [5.74, 6) is 2.51. The Morgan fingerprint density at radius 1 is 0.636 bits per heavy atom. The minimum atomic E-state index is -0.0572. The van der Waals surface area contributed by atoms with E-state index < -0.39 is 0 Å². The van der Waals surface area contributed by atoms with E-state index >= 15 is 0 Å². The van der Waals surface area contributed by atoms with Crippen LogP contribution in [-0.2, 0) is 12.8 Å². The quantitative estimate of drug-likeness (QED) is 0.104. The number of rotatable bonds is 21. The Morgan fingerprint density at radius 2 is 1.00 bits per heavy atom. The molecule has 1 unspecified atom stereocenters. The molecule has 44 heavy (non-hydrogen) atoms. The van der Waals surface area contributed by atoms with Gasteiger partial charge >= 0.3 is 12.1 Å². The zero-order valence-corrected chi connectivity index (χ0v) is 28.9. The van der Waals surface area contributed by atoms with Gasteiger partial charge in [0.05, 0.1) is 0 Å². The molecule has 0 saturated carbocycles. The zero-order chi connectivity index (χ0) is 32.2. The molecule has 0 saturated heterocycles. The van der Waals surface area contributed by atoms with Crippen molar-refractivity contribution < 1.29 is 9.59 Å². The highest BCUT2D eigenvalue weighted by Gasteiger charge is 2.21. The van der Waals surface area contributed by atoms with Gasteiger partial charge in [-0.2, -0.15) is 0 Å². The predicted molar refractivity (Wildman–Crippen MR) is 190 cm³/mol. The Hall–Kier alpha value is -2.40. The molecule has 0 radical (unpaired) electrons. The highest BCUT2D eigenvalue weighted by Crippen LogP contribution is 2.25. The van der Waals surface area contributed by atoms with E-state index in [1.54, 1.807) is 21.6 Å². The van der Waals surface area contributed by atoms with Gasteiger partial charge in [0.2, 0.25) is 0 Å². The highest BCUT2D eigenvalue weighted by molar-refractivity contribution is 8.76. The van der Waals surface area contributed by atoms with E-state index in [1.807, 2.05) is 46.2 Å². The summed E-state index contributed by atoms with van der Waals surface area (Å²) in [6.45, 7) is 12.0.